The number of nitrogens with zero attached hydrogens (tertiary/aromatic N) is 2. The summed E-state index contributed by atoms with van der Waals surface area (Å²) in [6.07, 6.45) is 2.82. The maximum atomic E-state index is 11.8. The molecule has 0 spiro atoms. The lowest BCUT2D eigenvalue weighted by molar-refractivity contribution is 0.598. The highest BCUT2D eigenvalue weighted by atomic mass is 32.2. The highest BCUT2D eigenvalue weighted by Gasteiger charge is 2.15. The highest BCUT2D eigenvalue weighted by molar-refractivity contribution is 7.92. The van der Waals surface area contributed by atoms with Gasteiger partial charge in [0.2, 0.25) is 0 Å². The Morgan fingerprint density at radius 1 is 1.33 bits per heavy atom. The molecular formula is C11H10N4O2S. The Labute approximate surface area is 104 Å². The molecule has 2 rings (SSSR count). The van der Waals surface area contributed by atoms with E-state index in [2.05, 4.69) is 14.7 Å². The first-order valence-electron chi connectivity index (χ1n) is 5.09. The Morgan fingerprint density at radius 3 is 2.61 bits per heavy atom. The molecule has 0 aliphatic carbocycles. The van der Waals surface area contributed by atoms with Crippen molar-refractivity contribution in [1.82, 2.24) is 9.97 Å². The van der Waals surface area contributed by atoms with Gasteiger partial charge in [0.1, 0.15) is 0 Å². The summed E-state index contributed by atoms with van der Waals surface area (Å²) in [6, 6.07) is 8.65. The van der Waals surface area contributed by atoms with Crippen molar-refractivity contribution in [2.24, 2.45) is 0 Å². The molecule has 2 aromatic rings. The lowest BCUT2D eigenvalue weighted by Crippen LogP contribution is -2.13. The molecule has 7 heteroatoms. The quantitative estimate of drug-likeness (QED) is 0.866. The molecule has 0 bridgehead atoms. The molecule has 0 amide bonds. The molecular weight excluding hydrogens is 252 g/mol. The normalized spacial score (nSPS) is 10.8. The van der Waals surface area contributed by atoms with Gasteiger partial charge in [-0.05, 0) is 17.7 Å². The minimum Gasteiger partial charge on any atom is -0.334 e. The zero-order chi connectivity index (χ0) is 13.0. The smallest absolute Gasteiger partial charge is 0.278 e. The van der Waals surface area contributed by atoms with Crippen molar-refractivity contribution in [3.05, 3.63) is 42.4 Å². The number of benzene rings is 1. The maximum Gasteiger partial charge on any atom is 0.278 e. The largest absolute Gasteiger partial charge is 0.334 e. The van der Waals surface area contributed by atoms with Crippen LogP contribution >= 0.6 is 0 Å². The van der Waals surface area contributed by atoms with Gasteiger partial charge in [-0.25, -0.2) is 4.98 Å². The van der Waals surface area contributed by atoms with Gasteiger partial charge in [0.15, 0.2) is 5.03 Å². The molecule has 0 atom stereocenters. The van der Waals surface area contributed by atoms with E-state index >= 15 is 0 Å². The number of sulfonamides is 1. The molecule has 0 fully saturated rings. The molecule has 6 nitrogen and oxygen atoms in total. The summed E-state index contributed by atoms with van der Waals surface area (Å²) in [5.74, 6) is 0. The van der Waals surface area contributed by atoms with Crippen LogP contribution in [0.15, 0.2) is 41.8 Å². The average Bonchev–Trinajstić information content (AvgIpc) is 2.86. The van der Waals surface area contributed by atoms with Gasteiger partial charge in [0.05, 0.1) is 25.0 Å². The molecule has 2 N–H and O–H groups in total. The fourth-order valence-electron chi connectivity index (χ4n) is 1.38. The lowest BCUT2D eigenvalue weighted by Gasteiger charge is -2.06. The van der Waals surface area contributed by atoms with E-state index in [0.717, 1.165) is 5.56 Å². The van der Waals surface area contributed by atoms with Gasteiger partial charge in [0, 0.05) is 5.69 Å². The Balaban J connectivity index is 2.17. The molecule has 0 aliphatic heterocycles. The van der Waals surface area contributed by atoms with Gasteiger partial charge in [0.25, 0.3) is 10.0 Å². The van der Waals surface area contributed by atoms with Crippen LogP contribution in [0.2, 0.25) is 0 Å². The first-order chi connectivity index (χ1) is 8.62. The maximum absolute atomic E-state index is 11.8. The van der Waals surface area contributed by atoms with Crippen LogP contribution < -0.4 is 4.72 Å². The Kier molecular flexibility index (Phi) is 3.30. The van der Waals surface area contributed by atoms with Crippen molar-refractivity contribution in [2.75, 3.05) is 4.72 Å². The summed E-state index contributed by atoms with van der Waals surface area (Å²) in [6.45, 7) is 0. The van der Waals surface area contributed by atoms with Crippen molar-refractivity contribution < 1.29 is 8.42 Å². The highest BCUT2D eigenvalue weighted by Crippen LogP contribution is 2.14. The molecule has 0 aliphatic rings. The third-order valence-electron chi connectivity index (χ3n) is 2.25. The van der Waals surface area contributed by atoms with E-state index in [1.165, 1.54) is 12.5 Å². The fourth-order valence-corrected chi connectivity index (χ4v) is 2.35. The molecule has 1 heterocycles. The van der Waals surface area contributed by atoms with Gasteiger partial charge in [-0.3, -0.25) is 4.72 Å². The van der Waals surface area contributed by atoms with Crippen molar-refractivity contribution in [3.8, 4) is 6.07 Å². The molecule has 1 aromatic carbocycles. The third-order valence-corrected chi connectivity index (χ3v) is 3.56. The predicted octanol–water partition coefficient (Wildman–Crippen LogP) is 1.28. The molecule has 0 radical (unpaired) electrons. The van der Waals surface area contributed by atoms with E-state index in [4.69, 9.17) is 5.26 Å². The average molecular weight is 262 g/mol. The number of rotatable bonds is 4. The third kappa shape index (κ3) is 2.67. The van der Waals surface area contributed by atoms with Crippen molar-refractivity contribution >= 4 is 15.7 Å². The summed E-state index contributed by atoms with van der Waals surface area (Å²) >= 11 is 0. The van der Waals surface area contributed by atoms with Gasteiger partial charge >= 0.3 is 0 Å². The minimum absolute atomic E-state index is 0.00333. The van der Waals surface area contributed by atoms with Gasteiger partial charge < -0.3 is 4.98 Å². The van der Waals surface area contributed by atoms with Crippen molar-refractivity contribution in [2.45, 2.75) is 11.4 Å². The van der Waals surface area contributed by atoms with Crippen LogP contribution in [0, 0.1) is 11.3 Å². The van der Waals surface area contributed by atoms with Crippen LogP contribution in [0.4, 0.5) is 5.69 Å². The zero-order valence-electron chi connectivity index (χ0n) is 9.29. The predicted molar refractivity (Wildman–Crippen MR) is 65.2 cm³/mol. The summed E-state index contributed by atoms with van der Waals surface area (Å²) in [7, 11) is -3.63. The summed E-state index contributed by atoms with van der Waals surface area (Å²) in [5.41, 5.74) is 1.27. The van der Waals surface area contributed by atoms with E-state index < -0.39 is 10.0 Å². The molecule has 92 valence electrons. The second kappa shape index (κ2) is 4.89. The topological polar surface area (TPSA) is 98.6 Å². The van der Waals surface area contributed by atoms with Crippen LogP contribution in [0.5, 0.6) is 0 Å². The molecule has 0 saturated heterocycles. The number of aromatic amines is 1. The van der Waals surface area contributed by atoms with Crippen LogP contribution in [0.3, 0.4) is 0 Å². The SMILES string of the molecule is N#CCc1ccc(NS(=O)(=O)c2cnc[nH]2)cc1. The lowest BCUT2D eigenvalue weighted by atomic mass is 10.1. The number of nitrogens with one attached hydrogen (secondary N) is 2. The van der Waals surface area contributed by atoms with Gasteiger partial charge in [-0.1, -0.05) is 12.1 Å². The number of aromatic nitrogens is 2. The van der Waals surface area contributed by atoms with Gasteiger partial charge in [-0.15, -0.1) is 0 Å². The molecule has 0 unspecified atom stereocenters. The van der Waals surface area contributed by atoms with Crippen LogP contribution in [-0.2, 0) is 16.4 Å². The minimum atomic E-state index is -3.63. The van der Waals surface area contributed by atoms with E-state index in [-0.39, 0.29) is 5.03 Å². The molecule has 18 heavy (non-hydrogen) atoms. The van der Waals surface area contributed by atoms with Crippen molar-refractivity contribution in [3.63, 3.8) is 0 Å². The van der Waals surface area contributed by atoms with E-state index in [9.17, 15) is 8.42 Å². The second-order valence-electron chi connectivity index (χ2n) is 3.55. The first kappa shape index (κ1) is 12.1. The zero-order valence-corrected chi connectivity index (χ0v) is 10.1. The summed E-state index contributed by atoms with van der Waals surface area (Å²) in [4.78, 5) is 6.18. The summed E-state index contributed by atoms with van der Waals surface area (Å²) < 4.78 is 26.1. The first-order valence-corrected chi connectivity index (χ1v) is 6.57. The number of anilines is 1. The standard InChI is InChI=1S/C11H10N4O2S/c12-6-5-9-1-3-10(4-2-9)15-18(16,17)11-7-13-8-14-11/h1-4,7-8,15H,5H2,(H,13,14). The van der Waals surface area contributed by atoms with E-state index in [1.807, 2.05) is 6.07 Å². The Hall–Kier alpha value is -2.33. The number of H-pyrrole nitrogens is 1. The number of imidazole rings is 1. The monoisotopic (exact) mass is 262 g/mol. The number of hydrogen-bond donors (Lipinski definition) is 2. The van der Waals surface area contributed by atoms with Gasteiger partial charge in [-0.2, -0.15) is 13.7 Å². The van der Waals surface area contributed by atoms with Crippen molar-refractivity contribution in [1.29, 1.82) is 5.26 Å². The molecule has 0 saturated carbocycles. The number of nitriles is 1. The Morgan fingerprint density at radius 2 is 2.06 bits per heavy atom. The number of hydrogen-bond acceptors (Lipinski definition) is 4. The van der Waals surface area contributed by atoms with Crippen LogP contribution in [-0.4, -0.2) is 18.4 Å². The van der Waals surface area contributed by atoms with E-state index in [1.54, 1.807) is 24.3 Å². The molecule has 1 aromatic heterocycles. The second-order valence-corrected chi connectivity index (χ2v) is 5.20. The summed E-state index contributed by atoms with van der Waals surface area (Å²) in [5, 5.41) is 8.53. The van der Waals surface area contributed by atoms with Crippen LogP contribution in [0.1, 0.15) is 5.56 Å². The van der Waals surface area contributed by atoms with E-state index in [0.29, 0.717) is 12.1 Å². The van der Waals surface area contributed by atoms with Crippen LogP contribution in [0.25, 0.3) is 0 Å². The fraction of sp³-hybridized carbons (Fsp3) is 0.0909. The Bertz CT molecular complexity index is 654.